The Morgan fingerprint density at radius 3 is 2.79 bits per heavy atom. The number of nitriles is 1. The van der Waals surface area contributed by atoms with Crippen molar-refractivity contribution in [2.45, 2.75) is 17.7 Å². The van der Waals surface area contributed by atoms with E-state index in [9.17, 15) is 14.9 Å². The molecule has 7 heteroatoms. The predicted octanol–water partition coefficient (Wildman–Crippen LogP) is 4.65. The van der Waals surface area contributed by atoms with Gasteiger partial charge in [0.15, 0.2) is 11.7 Å². The standard InChI is InChI=1S/C21H15N3O2S2/c1-12-2-4-13(5-3-12)17-10-28-21(24-17)15(9-22)20(26)14-6-7-18-16(8-14)23-19(25)11-27-18/h2-8,10,15H,11H2,1H3,(H,23,25)/t15-/m0/s1. The van der Waals surface area contributed by atoms with Gasteiger partial charge in [-0.05, 0) is 19.1 Å². The summed E-state index contributed by atoms with van der Waals surface area (Å²) in [6, 6.07) is 15.2. The van der Waals surface area contributed by atoms with Crippen LogP contribution in [0.25, 0.3) is 11.3 Å². The Bertz CT molecular complexity index is 1110. The fraction of sp³-hybridized carbons (Fsp3) is 0.143. The van der Waals surface area contributed by atoms with Crippen LogP contribution in [0.15, 0.2) is 52.7 Å². The summed E-state index contributed by atoms with van der Waals surface area (Å²) >= 11 is 2.74. The van der Waals surface area contributed by atoms with Gasteiger partial charge in [-0.25, -0.2) is 4.98 Å². The normalized spacial score (nSPS) is 13.9. The van der Waals surface area contributed by atoms with Crippen molar-refractivity contribution in [3.8, 4) is 17.3 Å². The number of thiazole rings is 1. The first-order valence-electron chi connectivity index (χ1n) is 8.58. The molecule has 1 amide bonds. The number of anilines is 1. The van der Waals surface area contributed by atoms with Crippen LogP contribution >= 0.6 is 23.1 Å². The summed E-state index contributed by atoms with van der Waals surface area (Å²) in [6.45, 7) is 2.01. The largest absolute Gasteiger partial charge is 0.324 e. The lowest BCUT2D eigenvalue weighted by atomic mass is 9.99. The van der Waals surface area contributed by atoms with Crippen LogP contribution in [0.3, 0.4) is 0 Å². The molecule has 2 aromatic carbocycles. The molecule has 0 fully saturated rings. The number of carbonyl (C=O) groups is 2. The van der Waals surface area contributed by atoms with Crippen LogP contribution in [0.4, 0.5) is 5.69 Å². The highest BCUT2D eigenvalue weighted by atomic mass is 32.2. The minimum Gasteiger partial charge on any atom is -0.324 e. The average Bonchev–Trinajstić information content (AvgIpc) is 3.18. The number of amides is 1. The molecular formula is C21H15N3O2S2. The third-order valence-electron chi connectivity index (χ3n) is 4.40. The lowest BCUT2D eigenvalue weighted by molar-refractivity contribution is -0.113. The lowest BCUT2D eigenvalue weighted by Crippen LogP contribution is -2.19. The Balaban J connectivity index is 1.62. The van der Waals surface area contributed by atoms with Crippen LogP contribution in [0, 0.1) is 18.3 Å². The van der Waals surface area contributed by atoms with Crippen molar-refractivity contribution in [2.75, 3.05) is 11.1 Å². The van der Waals surface area contributed by atoms with Gasteiger partial charge in [-0.3, -0.25) is 9.59 Å². The monoisotopic (exact) mass is 405 g/mol. The van der Waals surface area contributed by atoms with Crippen LogP contribution in [-0.2, 0) is 4.79 Å². The molecule has 138 valence electrons. The van der Waals surface area contributed by atoms with Gasteiger partial charge in [0, 0.05) is 21.4 Å². The number of hydrogen-bond acceptors (Lipinski definition) is 6. The molecule has 0 saturated heterocycles. The smallest absolute Gasteiger partial charge is 0.234 e. The van der Waals surface area contributed by atoms with Crippen LogP contribution in [-0.4, -0.2) is 22.4 Å². The SMILES string of the molecule is Cc1ccc(-c2csc([C@@H](C#N)C(=O)c3ccc4c(c3)NC(=O)CS4)n2)cc1. The number of carbonyl (C=O) groups excluding carboxylic acids is 2. The van der Waals surface area contributed by atoms with Crippen molar-refractivity contribution >= 4 is 40.5 Å². The van der Waals surface area contributed by atoms with E-state index in [4.69, 9.17) is 0 Å². The molecule has 1 aliphatic heterocycles. The van der Waals surface area contributed by atoms with Crippen molar-refractivity contribution in [1.29, 1.82) is 5.26 Å². The number of ketones is 1. The zero-order chi connectivity index (χ0) is 19.7. The Morgan fingerprint density at radius 2 is 2.04 bits per heavy atom. The highest BCUT2D eigenvalue weighted by Crippen LogP contribution is 2.34. The topological polar surface area (TPSA) is 82.9 Å². The zero-order valence-electron chi connectivity index (χ0n) is 14.9. The van der Waals surface area contributed by atoms with Gasteiger partial charge in [0.25, 0.3) is 0 Å². The van der Waals surface area contributed by atoms with E-state index < -0.39 is 5.92 Å². The first-order valence-corrected chi connectivity index (χ1v) is 10.4. The van der Waals surface area contributed by atoms with E-state index in [0.29, 0.717) is 22.0 Å². The van der Waals surface area contributed by atoms with Crippen molar-refractivity contribution in [3.05, 3.63) is 64.0 Å². The van der Waals surface area contributed by atoms with E-state index in [1.54, 1.807) is 18.2 Å². The molecule has 0 saturated carbocycles. The average molecular weight is 406 g/mol. The maximum atomic E-state index is 13.0. The number of fused-ring (bicyclic) bond motifs is 1. The van der Waals surface area contributed by atoms with Crippen molar-refractivity contribution in [1.82, 2.24) is 4.98 Å². The van der Waals surface area contributed by atoms with Gasteiger partial charge in [0.05, 0.1) is 23.2 Å². The number of Topliss-reactive ketones (excluding diaryl/α,β-unsaturated/α-hetero) is 1. The van der Waals surface area contributed by atoms with Crippen molar-refractivity contribution in [2.24, 2.45) is 0 Å². The summed E-state index contributed by atoms with van der Waals surface area (Å²) < 4.78 is 0. The highest BCUT2D eigenvalue weighted by Gasteiger charge is 2.26. The summed E-state index contributed by atoms with van der Waals surface area (Å²) in [4.78, 5) is 30.0. The Labute approximate surface area is 170 Å². The van der Waals surface area contributed by atoms with Gasteiger partial charge in [0.2, 0.25) is 5.91 Å². The number of rotatable bonds is 4. The number of nitrogens with one attached hydrogen (secondary N) is 1. The molecule has 0 aliphatic carbocycles. The van der Waals surface area contributed by atoms with Crippen LogP contribution in [0.5, 0.6) is 0 Å². The molecule has 0 bridgehead atoms. The van der Waals surface area contributed by atoms with Crippen LogP contribution in [0.1, 0.15) is 26.8 Å². The molecule has 0 spiro atoms. The summed E-state index contributed by atoms with van der Waals surface area (Å²) in [7, 11) is 0. The lowest BCUT2D eigenvalue weighted by Gasteiger charge is -2.17. The molecule has 1 N–H and O–H groups in total. The molecule has 1 aromatic heterocycles. The van der Waals surface area contributed by atoms with E-state index in [0.717, 1.165) is 21.7 Å². The second kappa shape index (κ2) is 7.58. The van der Waals surface area contributed by atoms with E-state index in [2.05, 4.69) is 16.4 Å². The second-order valence-corrected chi connectivity index (χ2v) is 8.32. The highest BCUT2D eigenvalue weighted by molar-refractivity contribution is 8.00. The third-order valence-corrected chi connectivity index (χ3v) is 6.39. The van der Waals surface area contributed by atoms with E-state index in [1.165, 1.54) is 23.1 Å². The van der Waals surface area contributed by atoms with E-state index in [-0.39, 0.29) is 11.7 Å². The maximum absolute atomic E-state index is 13.0. The number of hydrogen-bond donors (Lipinski definition) is 1. The first-order chi connectivity index (χ1) is 13.5. The second-order valence-electron chi connectivity index (χ2n) is 6.41. The molecule has 1 aliphatic rings. The number of nitrogens with zero attached hydrogens (tertiary/aromatic N) is 2. The van der Waals surface area contributed by atoms with Gasteiger partial charge in [-0.2, -0.15) is 5.26 Å². The summed E-state index contributed by atoms with van der Waals surface area (Å²) in [5, 5.41) is 14.7. The maximum Gasteiger partial charge on any atom is 0.234 e. The Morgan fingerprint density at radius 1 is 1.25 bits per heavy atom. The fourth-order valence-corrected chi connectivity index (χ4v) is 4.56. The summed E-state index contributed by atoms with van der Waals surface area (Å²) in [5.74, 6) is -1.03. The van der Waals surface area contributed by atoms with Gasteiger partial charge in [0.1, 0.15) is 5.01 Å². The fourth-order valence-electron chi connectivity index (χ4n) is 2.91. The van der Waals surface area contributed by atoms with Crippen LogP contribution in [0.2, 0.25) is 0 Å². The predicted molar refractivity (Wildman–Crippen MR) is 111 cm³/mol. The quantitative estimate of drug-likeness (QED) is 0.639. The van der Waals surface area contributed by atoms with Gasteiger partial charge in [-0.15, -0.1) is 23.1 Å². The van der Waals surface area contributed by atoms with Gasteiger partial charge < -0.3 is 5.32 Å². The number of benzene rings is 2. The van der Waals surface area contributed by atoms with E-state index in [1.807, 2.05) is 36.6 Å². The molecule has 4 rings (SSSR count). The Kier molecular flexibility index (Phi) is 4.99. The van der Waals surface area contributed by atoms with Crippen molar-refractivity contribution in [3.63, 3.8) is 0 Å². The van der Waals surface area contributed by atoms with Gasteiger partial charge >= 0.3 is 0 Å². The first kappa shape index (κ1) is 18.4. The molecule has 0 unspecified atom stereocenters. The minimum absolute atomic E-state index is 0.0957. The summed E-state index contributed by atoms with van der Waals surface area (Å²) in [5.41, 5.74) is 3.86. The summed E-state index contributed by atoms with van der Waals surface area (Å²) in [6.07, 6.45) is 0. The number of thioether (sulfide) groups is 1. The Hall–Kier alpha value is -2.95. The molecular weight excluding hydrogens is 390 g/mol. The van der Waals surface area contributed by atoms with Crippen molar-refractivity contribution < 1.29 is 9.59 Å². The zero-order valence-corrected chi connectivity index (χ0v) is 16.6. The molecule has 0 radical (unpaired) electrons. The molecule has 1 atom stereocenters. The van der Waals surface area contributed by atoms with E-state index >= 15 is 0 Å². The molecule has 28 heavy (non-hydrogen) atoms. The molecule has 2 heterocycles. The minimum atomic E-state index is -0.978. The third kappa shape index (κ3) is 3.57. The molecule has 5 nitrogen and oxygen atoms in total. The number of aromatic nitrogens is 1. The number of aryl methyl sites for hydroxylation is 1. The molecule has 3 aromatic rings. The van der Waals surface area contributed by atoms with Gasteiger partial charge in [-0.1, -0.05) is 35.9 Å². The van der Waals surface area contributed by atoms with Crippen LogP contribution < -0.4 is 5.32 Å².